The maximum Gasteiger partial charge on any atom is 0.0667 e. The summed E-state index contributed by atoms with van der Waals surface area (Å²) >= 11 is 9.47. The lowest BCUT2D eigenvalue weighted by atomic mass is 10.2. The molecule has 0 heterocycles. The van der Waals surface area contributed by atoms with Crippen LogP contribution in [-0.2, 0) is 11.3 Å². The molecule has 0 aliphatic rings. The van der Waals surface area contributed by atoms with Crippen LogP contribution >= 0.6 is 27.5 Å². The van der Waals surface area contributed by atoms with Gasteiger partial charge in [0.2, 0.25) is 0 Å². The van der Waals surface area contributed by atoms with E-state index in [0.29, 0.717) is 0 Å². The predicted octanol–water partition coefficient (Wildman–Crippen LogP) is 3.23. The molecular weight excluding hydrogens is 277 g/mol. The fourth-order valence-corrected chi connectivity index (χ4v) is 1.77. The smallest absolute Gasteiger partial charge is 0.0667 e. The molecule has 0 aliphatic carbocycles. The molecule has 84 valence electrons. The molecule has 15 heavy (non-hydrogen) atoms. The molecule has 1 atom stereocenters. The quantitative estimate of drug-likeness (QED) is 0.900. The van der Waals surface area contributed by atoms with Gasteiger partial charge in [0.05, 0.1) is 6.10 Å². The SMILES string of the molecule is COC(C)CNCc1cc(Br)ccc1Cl. The van der Waals surface area contributed by atoms with Gasteiger partial charge in [-0.1, -0.05) is 27.5 Å². The van der Waals surface area contributed by atoms with Crippen LogP contribution in [0.15, 0.2) is 22.7 Å². The van der Waals surface area contributed by atoms with Crippen LogP contribution < -0.4 is 5.32 Å². The molecule has 4 heteroatoms. The number of nitrogens with one attached hydrogen (secondary N) is 1. The number of halogens is 2. The largest absolute Gasteiger partial charge is 0.380 e. The third-order valence-electron chi connectivity index (χ3n) is 2.16. The highest BCUT2D eigenvalue weighted by atomic mass is 79.9. The molecule has 0 aromatic heterocycles. The van der Waals surface area contributed by atoms with E-state index in [0.717, 1.165) is 28.1 Å². The van der Waals surface area contributed by atoms with Crippen molar-refractivity contribution in [3.63, 3.8) is 0 Å². The third kappa shape index (κ3) is 4.51. The summed E-state index contributed by atoms with van der Waals surface area (Å²) in [5.41, 5.74) is 1.09. The van der Waals surface area contributed by atoms with Crippen LogP contribution in [0.4, 0.5) is 0 Å². The van der Waals surface area contributed by atoms with Gasteiger partial charge in [-0.15, -0.1) is 0 Å². The second-order valence-corrected chi connectivity index (χ2v) is 4.74. The molecule has 0 bridgehead atoms. The molecule has 1 unspecified atom stereocenters. The third-order valence-corrected chi connectivity index (χ3v) is 3.02. The van der Waals surface area contributed by atoms with Gasteiger partial charge in [0.15, 0.2) is 0 Å². The molecule has 0 saturated carbocycles. The number of rotatable bonds is 5. The Labute approximate surface area is 104 Å². The van der Waals surface area contributed by atoms with Gasteiger partial charge < -0.3 is 10.1 Å². The summed E-state index contributed by atoms with van der Waals surface area (Å²) < 4.78 is 6.18. The minimum Gasteiger partial charge on any atom is -0.380 e. The van der Waals surface area contributed by atoms with E-state index in [9.17, 15) is 0 Å². The van der Waals surface area contributed by atoms with Crippen LogP contribution in [0.25, 0.3) is 0 Å². The maximum atomic E-state index is 6.05. The van der Waals surface area contributed by atoms with E-state index >= 15 is 0 Å². The minimum atomic E-state index is 0.218. The van der Waals surface area contributed by atoms with Gasteiger partial charge in [-0.05, 0) is 30.7 Å². The zero-order valence-corrected chi connectivity index (χ0v) is 11.2. The molecule has 0 radical (unpaired) electrons. The molecule has 0 saturated heterocycles. The average Bonchev–Trinajstić information content (AvgIpc) is 2.23. The van der Waals surface area contributed by atoms with Crippen molar-refractivity contribution < 1.29 is 4.74 Å². The van der Waals surface area contributed by atoms with Crippen molar-refractivity contribution in [3.8, 4) is 0 Å². The second-order valence-electron chi connectivity index (χ2n) is 3.41. The normalized spacial score (nSPS) is 12.8. The topological polar surface area (TPSA) is 21.3 Å². The molecule has 0 fully saturated rings. The first-order valence-corrected chi connectivity index (χ1v) is 5.98. The molecular formula is C11H15BrClNO. The second kappa shape index (κ2) is 6.48. The number of hydrogen-bond acceptors (Lipinski definition) is 2. The summed E-state index contributed by atoms with van der Waals surface area (Å²) in [6.07, 6.45) is 0.218. The number of benzene rings is 1. The molecule has 1 aromatic carbocycles. The highest BCUT2D eigenvalue weighted by molar-refractivity contribution is 9.10. The predicted molar refractivity (Wildman–Crippen MR) is 67.3 cm³/mol. The van der Waals surface area contributed by atoms with Gasteiger partial charge in [-0.25, -0.2) is 0 Å². The van der Waals surface area contributed by atoms with E-state index in [4.69, 9.17) is 16.3 Å². The van der Waals surface area contributed by atoms with Gasteiger partial charge >= 0.3 is 0 Å². The lowest BCUT2D eigenvalue weighted by Crippen LogP contribution is -2.25. The molecule has 1 aromatic rings. The van der Waals surface area contributed by atoms with E-state index in [1.54, 1.807) is 7.11 Å². The minimum absolute atomic E-state index is 0.218. The first-order valence-electron chi connectivity index (χ1n) is 4.81. The molecule has 0 aliphatic heterocycles. The van der Waals surface area contributed by atoms with Gasteiger partial charge in [-0.2, -0.15) is 0 Å². The van der Waals surface area contributed by atoms with Crippen LogP contribution in [-0.4, -0.2) is 19.8 Å². The lowest BCUT2D eigenvalue weighted by molar-refractivity contribution is 0.117. The highest BCUT2D eigenvalue weighted by Gasteiger charge is 2.02. The van der Waals surface area contributed by atoms with Gasteiger partial charge in [0.25, 0.3) is 0 Å². The lowest BCUT2D eigenvalue weighted by Gasteiger charge is -2.11. The van der Waals surface area contributed by atoms with Crippen molar-refractivity contribution in [2.45, 2.75) is 19.6 Å². The van der Waals surface area contributed by atoms with E-state index < -0.39 is 0 Å². The van der Waals surface area contributed by atoms with Crippen LogP contribution in [0, 0.1) is 0 Å². The van der Waals surface area contributed by atoms with E-state index in [2.05, 4.69) is 21.2 Å². The summed E-state index contributed by atoms with van der Waals surface area (Å²) in [5.74, 6) is 0. The first-order chi connectivity index (χ1) is 7.13. The standard InChI is InChI=1S/C11H15BrClNO/c1-8(15-2)6-14-7-9-5-10(12)3-4-11(9)13/h3-5,8,14H,6-7H2,1-2H3. The molecule has 1 N–H and O–H groups in total. The van der Waals surface area contributed by atoms with Crippen molar-refractivity contribution in [2.75, 3.05) is 13.7 Å². The molecule has 0 amide bonds. The van der Waals surface area contributed by atoms with Crippen molar-refractivity contribution in [2.24, 2.45) is 0 Å². The van der Waals surface area contributed by atoms with Gasteiger partial charge in [0, 0.05) is 29.7 Å². The van der Waals surface area contributed by atoms with Crippen LogP contribution in [0.1, 0.15) is 12.5 Å². The van der Waals surface area contributed by atoms with Crippen molar-refractivity contribution >= 4 is 27.5 Å². The Morgan fingerprint density at radius 3 is 2.93 bits per heavy atom. The number of methoxy groups -OCH3 is 1. The Hall–Kier alpha value is -0.0900. The Bertz CT molecular complexity index is 319. The highest BCUT2D eigenvalue weighted by Crippen LogP contribution is 2.20. The monoisotopic (exact) mass is 291 g/mol. The first kappa shape index (κ1) is 13.0. The zero-order chi connectivity index (χ0) is 11.3. The fraction of sp³-hybridized carbons (Fsp3) is 0.455. The average molecular weight is 293 g/mol. The van der Waals surface area contributed by atoms with Gasteiger partial charge in [0.1, 0.15) is 0 Å². The number of hydrogen-bond donors (Lipinski definition) is 1. The summed E-state index contributed by atoms with van der Waals surface area (Å²) in [7, 11) is 1.71. The van der Waals surface area contributed by atoms with Crippen molar-refractivity contribution in [3.05, 3.63) is 33.3 Å². The molecule has 1 rings (SSSR count). The molecule has 2 nitrogen and oxygen atoms in total. The van der Waals surface area contributed by atoms with Crippen molar-refractivity contribution in [1.82, 2.24) is 5.32 Å². The Balaban J connectivity index is 2.46. The zero-order valence-electron chi connectivity index (χ0n) is 8.89. The van der Waals surface area contributed by atoms with Gasteiger partial charge in [-0.3, -0.25) is 0 Å². The van der Waals surface area contributed by atoms with E-state index in [1.165, 1.54) is 0 Å². The Kier molecular flexibility index (Phi) is 5.61. The Morgan fingerprint density at radius 2 is 2.27 bits per heavy atom. The molecule has 0 spiro atoms. The maximum absolute atomic E-state index is 6.05. The van der Waals surface area contributed by atoms with E-state index in [1.807, 2.05) is 25.1 Å². The van der Waals surface area contributed by atoms with Crippen LogP contribution in [0.3, 0.4) is 0 Å². The number of ether oxygens (including phenoxy) is 1. The van der Waals surface area contributed by atoms with Crippen LogP contribution in [0.2, 0.25) is 5.02 Å². The summed E-state index contributed by atoms with van der Waals surface area (Å²) in [6.45, 7) is 3.60. The van der Waals surface area contributed by atoms with E-state index in [-0.39, 0.29) is 6.10 Å². The summed E-state index contributed by atoms with van der Waals surface area (Å²) in [6, 6.07) is 5.85. The Morgan fingerprint density at radius 1 is 1.53 bits per heavy atom. The van der Waals surface area contributed by atoms with Crippen molar-refractivity contribution in [1.29, 1.82) is 0 Å². The fourth-order valence-electron chi connectivity index (χ4n) is 1.17. The van der Waals surface area contributed by atoms with Crippen LogP contribution in [0.5, 0.6) is 0 Å². The summed E-state index contributed by atoms with van der Waals surface area (Å²) in [4.78, 5) is 0. The summed E-state index contributed by atoms with van der Waals surface area (Å²) in [5, 5.41) is 4.08.